The number of rotatable bonds is 3. The highest BCUT2D eigenvalue weighted by Crippen LogP contribution is 2.38. The van der Waals surface area contributed by atoms with Gasteiger partial charge in [0.25, 0.3) is 17.2 Å². The first-order chi connectivity index (χ1) is 12.6. The van der Waals surface area contributed by atoms with Gasteiger partial charge in [-0.25, -0.2) is 0 Å². The predicted octanol–water partition coefficient (Wildman–Crippen LogP) is 3.25. The van der Waals surface area contributed by atoms with Gasteiger partial charge in [0, 0.05) is 24.1 Å². The molecule has 0 amide bonds. The Morgan fingerprint density at radius 3 is 2.46 bits per heavy atom. The second kappa shape index (κ2) is 6.53. The Morgan fingerprint density at radius 1 is 1.04 bits per heavy atom. The summed E-state index contributed by atoms with van der Waals surface area (Å²) < 4.78 is 2.27. The van der Waals surface area contributed by atoms with Crippen LogP contribution >= 0.6 is 0 Å². The van der Waals surface area contributed by atoms with Gasteiger partial charge in [-0.2, -0.15) is 4.90 Å². The van der Waals surface area contributed by atoms with E-state index in [1.807, 2.05) is 35.2 Å². The molecule has 2 aliphatic rings. The van der Waals surface area contributed by atoms with E-state index in [1.54, 1.807) is 12.1 Å². The minimum Gasteiger partial charge on any atom is -0.346 e. The lowest BCUT2D eigenvalue weighted by Crippen LogP contribution is -2.47. The molecule has 2 aromatic carbocycles. The summed E-state index contributed by atoms with van der Waals surface area (Å²) in [5.41, 5.74) is 0.410. The van der Waals surface area contributed by atoms with Crippen LogP contribution in [0.25, 0.3) is 0 Å². The summed E-state index contributed by atoms with van der Waals surface area (Å²) in [4.78, 5) is 12.6. The fourth-order valence-electron chi connectivity index (χ4n) is 4.03. The van der Waals surface area contributed by atoms with Gasteiger partial charge in [-0.05, 0) is 43.5 Å². The molecule has 0 aliphatic carbocycles. The van der Waals surface area contributed by atoms with Gasteiger partial charge in [0.15, 0.2) is 6.54 Å². The zero-order valence-corrected chi connectivity index (χ0v) is 14.5. The van der Waals surface area contributed by atoms with Crippen molar-refractivity contribution >= 4 is 17.2 Å². The van der Waals surface area contributed by atoms with Gasteiger partial charge < -0.3 is 5.11 Å². The molecule has 0 fully saturated rings. The monoisotopic (exact) mass is 352 g/mol. The average Bonchev–Trinajstić information content (AvgIpc) is 2.79. The van der Waals surface area contributed by atoms with E-state index >= 15 is 0 Å². The molecule has 2 aliphatic heterocycles. The van der Waals surface area contributed by atoms with Crippen LogP contribution in [0, 0.1) is 10.1 Å². The maximum absolute atomic E-state index is 11.7. The normalized spacial score (nSPS) is 22.9. The second-order valence-electron chi connectivity index (χ2n) is 6.94. The van der Waals surface area contributed by atoms with Crippen molar-refractivity contribution in [3.05, 3.63) is 70.3 Å². The molecule has 1 atom stereocenters. The highest BCUT2D eigenvalue weighted by molar-refractivity contribution is 5.97. The summed E-state index contributed by atoms with van der Waals surface area (Å²) >= 11 is 0. The van der Waals surface area contributed by atoms with E-state index in [1.165, 1.54) is 18.6 Å². The van der Waals surface area contributed by atoms with Crippen molar-refractivity contribution in [1.29, 1.82) is 0 Å². The van der Waals surface area contributed by atoms with Crippen LogP contribution in [0.5, 0.6) is 0 Å². The van der Waals surface area contributed by atoms with Gasteiger partial charge in [0.2, 0.25) is 0 Å². The van der Waals surface area contributed by atoms with Crippen LogP contribution in [0.3, 0.4) is 0 Å². The van der Waals surface area contributed by atoms with E-state index in [4.69, 9.17) is 0 Å². The molecule has 26 heavy (non-hydrogen) atoms. The number of aliphatic hydroxyl groups is 1. The highest BCUT2D eigenvalue weighted by Gasteiger charge is 2.54. The van der Waals surface area contributed by atoms with Crippen LogP contribution in [-0.2, 0) is 5.72 Å². The quantitative estimate of drug-likeness (QED) is 0.523. The number of hydrogen-bond donors (Lipinski definition) is 1. The van der Waals surface area contributed by atoms with Crippen LogP contribution < -0.4 is 4.90 Å². The summed E-state index contributed by atoms with van der Waals surface area (Å²) in [6, 6.07) is 16.1. The number of non-ortho nitro benzene ring substituents is 1. The summed E-state index contributed by atoms with van der Waals surface area (Å²) in [5.74, 6) is 1.13. The minimum absolute atomic E-state index is 0.0313. The topological polar surface area (TPSA) is 69.6 Å². The third-order valence-electron chi connectivity index (χ3n) is 5.29. The molecule has 2 heterocycles. The molecule has 1 N–H and O–H groups in total. The van der Waals surface area contributed by atoms with Crippen molar-refractivity contribution in [1.82, 2.24) is 0 Å². The van der Waals surface area contributed by atoms with Crippen LogP contribution in [-0.4, -0.2) is 33.5 Å². The molecule has 2 aromatic rings. The first kappa shape index (κ1) is 16.7. The maximum Gasteiger partial charge on any atom is 0.275 e. The molecule has 0 radical (unpaired) electrons. The Hall–Kier alpha value is -2.73. The lowest BCUT2D eigenvalue weighted by atomic mass is 9.99. The van der Waals surface area contributed by atoms with Crippen molar-refractivity contribution in [3.63, 3.8) is 0 Å². The molecule has 6 heteroatoms. The number of para-hydroxylation sites is 1. The Bertz CT molecular complexity index is 848. The highest BCUT2D eigenvalue weighted by atomic mass is 16.6. The van der Waals surface area contributed by atoms with Gasteiger partial charge in [-0.3, -0.25) is 14.7 Å². The number of anilines is 1. The molecular formula is C20H22N3O3+. The largest absolute Gasteiger partial charge is 0.346 e. The van der Waals surface area contributed by atoms with E-state index in [-0.39, 0.29) is 5.69 Å². The Kier molecular flexibility index (Phi) is 4.20. The third-order valence-corrected chi connectivity index (χ3v) is 5.29. The van der Waals surface area contributed by atoms with Crippen molar-refractivity contribution in [2.75, 3.05) is 18.0 Å². The van der Waals surface area contributed by atoms with Crippen molar-refractivity contribution in [2.45, 2.75) is 31.4 Å². The van der Waals surface area contributed by atoms with E-state index in [9.17, 15) is 15.2 Å². The van der Waals surface area contributed by atoms with E-state index < -0.39 is 10.6 Å². The molecule has 134 valence electrons. The molecular weight excluding hydrogens is 330 g/mol. The molecule has 0 aromatic heterocycles. The molecule has 0 unspecified atom stereocenters. The van der Waals surface area contributed by atoms with Crippen molar-refractivity contribution in [3.8, 4) is 0 Å². The molecule has 6 nitrogen and oxygen atoms in total. The van der Waals surface area contributed by atoms with E-state index in [0.29, 0.717) is 12.1 Å². The molecule has 0 bridgehead atoms. The minimum atomic E-state index is -1.23. The summed E-state index contributed by atoms with van der Waals surface area (Å²) in [6.07, 6.45) is 4.33. The van der Waals surface area contributed by atoms with Gasteiger partial charge >= 0.3 is 0 Å². The number of hydrogen-bond acceptors (Lipinski definition) is 4. The predicted molar refractivity (Wildman–Crippen MR) is 99.4 cm³/mol. The number of nitro groups is 1. The van der Waals surface area contributed by atoms with Gasteiger partial charge in [0.1, 0.15) is 5.69 Å². The molecule has 0 saturated heterocycles. The van der Waals surface area contributed by atoms with Crippen LogP contribution in [0.4, 0.5) is 11.4 Å². The SMILES string of the molecule is O=[N+]([O-])c1ccc([C@@]2(O)C[N+]3=C(CCCCC3)N2c2ccccc2)cc1. The Labute approximate surface area is 152 Å². The molecule has 0 spiro atoms. The van der Waals surface area contributed by atoms with Crippen LogP contribution in [0.1, 0.15) is 31.2 Å². The summed E-state index contributed by atoms with van der Waals surface area (Å²) in [6.45, 7) is 1.39. The summed E-state index contributed by atoms with van der Waals surface area (Å²) in [5, 5.41) is 22.7. The Balaban J connectivity index is 1.80. The lowest BCUT2D eigenvalue weighted by molar-refractivity contribution is -0.534. The standard InChI is InChI=1S/C20H22N3O3/c24-20(16-10-12-18(13-11-16)23(25)26)15-21-14-6-2-5-9-19(21)22(20)17-7-3-1-4-8-17/h1,3-4,7-8,10-13,24H,2,5-6,9,14-15H2/q+1/t20-/m0/s1. The maximum atomic E-state index is 11.7. The number of benzene rings is 2. The Morgan fingerprint density at radius 2 is 1.77 bits per heavy atom. The van der Waals surface area contributed by atoms with Crippen LogP contribution in [0.15, 0.2) is 54.6 Å². The first-order valence-electron chi connectivity index (χ1n) is 9.03. The van der Waals surface area contributed by atoms with Gasteiger partial charge in [-0.1, -0.05) is 18.2 Å². The average molecular weight is 352 g/mol. The zero-order valence-electron chi connectivity index (χ0n) is 14.5. The van der Waals surface area contributed by atoms with Crippen molar-refractivity contribution < 1.29 is 14.6 Å². The third kappa shape index (κ3) is 2.76. The summed E-state index contributed by atoms with van der Waals surface area (Å²) in [7, 11) is 0. The zero-order chi connectivity index (χ0) is 18.1. The lowest BCUT2D eigenvalue weighted by Gasteiger charge is -2.29. The smallest absolute Gasteiger partial charge is 0.275 e. The fraction of sp³-hybridized carbons (Fsp3) is 0.350. The van der Waals surface area contributed by atoms with Gasteiger partial charge in [-0.15, -0.1) is 0 Å². The number of nitro benzene ring substituents is 1. The van der Waals surface area contributed by atoms with E-state index in [0.717, 1.165) is 37.3 Å². The van der Waals surface area contributed by atoms with Crippen molar-refractivity contribution in [2.24, 2.45) is 0 Å². The fourth-order valence-corrected chi connectivity index (χ4v) is 4.03. The van der Waals surface area contributed by atoms with Gasteiger partial charge in [0.05, 0.1) is 11.5 Å². The van der Waals surface area contributed by atoms with Crippen LogP contribution in [0.2, 0.25) is 0 Å². The second-order valence-corrected chi connectivity index (χ2v) is 6.94. The number of nitrogens with zero attached hydrogens (tertiary/aromatic N) is 3. The van der Waals surface area contributed by atoms with E-state index in [2.05, 4.69) is 4.58 Å². The molecule has 4 rings (SSSR count). The first-order valence-corrected chi connectivity index (χ1v) is 9.03. The molecule has 0 saturated carbocycles. The number of amidine groups is 1.